The molecule has 0 amide bonds. The van der Waals surface area contributed by atoms with Crippen molar-refractivity contribution < 1.29 is 14.0 Å². The Bertz CT molecular complexity index is 622. The maximum absolute atomic E-state index is 6.11. The largest absolute Gasteiger partial charge is 0.713 e. The SMILES string of the molecule is C=CCC/C(=C\C[Si](C)(C)c1ccccc1)OB1OC(C)(C)C(C)(C)O1. The Morgan fingerprint density at radius 1 is 1.12 bits per heavy atom. The fraction of sp³-hybridized carbons (Fsp3) is 0.524. The molecule has 1 aliphatic rings. The average molecular weight is 372 g/mol. The van der Waals surface area contributed by atoms with Crippen molar-refractivity contribution >= 4 is 20.6 Å². The van der Waals surface area contributed by atoms with Crippen molar-refractivity contribution in [2.24, 2.45) is 0 Å². The lowest BCUT2D eigenvalue weighted by Crippen LogP contribution is -2.41. The molecule has 1 fully saturated rings. The first-order valence-electron chi connectivity index (χ1n) is 9.45. The highest BCUT2D eigenvalue weighted by molar-refractivity contribution is 6.90. The molecule has 1 aromatic carbocycles. The Kier molecular flexibility index (Phi) is 6.59. The fourth-order valence-corrected chi connectivity index (χ4v) is 4.86. The summed E-state index contributed by atoms with van der Waals surface area (Å²) in [4.78, 5) is 0. The lowest BCUT2D eigenvalue weighted by Gasteiger charge is -2.31. The van der Waals surface area contributed by atoms with Gasteiger partial charge in [-0.1, -0.05) is 60.8 Å². The van der Waals surface area contributed by atoms with Crippen molar-refractivity contribution in [2.45, 2.75) is 70.9 Å². The molecule has 0 N–H and O–H groups in total. The highest BCUT2D eigenvalue weighted by Crippen LogP contribution is 2.37. The van der Waals surface area contributed by atoms with E-state index in [4.69, 9.17) is 14.0 Å². The molecule has 0 spiro atoms. The van der Waals surface area contributed by atoms with E-state index in [9.17, 15) is 0 Å². The molecule has 3 nitrogen and oxygen atoms in total. The molecule has 1 saturated heterocycles. The normalized spacial score (nSPS) is 19.5. The molecule has 1 heterocycles. The van der Waals surface area contributed by atoms with Crippen LogP contribution in [0.15, 0.2) is 54.8 Å². The van der Waals surface area contributed by atoms with Crippen molar-refractivity contribution in [2.75, 3.05) is 0 Å². The second-order valence-corrected chi connectivity index (χ2v) is 13.4. The fourth-order valence-electron chi connectivity index (χ4n) is 2.79. The summed E-state index contributed by atoms with van der Waals surface area (Å²) in [7, 11) is -2.21. The zero-order valence-corrected chi connectivity index (χ0v) is 18.2. The highest BCUT2D eigenvalue weighted by atomic mass is 28.3. The molecule has 5 heteroatoms. The second kappa shape index (κ2) is 8.16. The molecule has 0 bridgehead atoms. The van der Waals surface area contributed by atoms with Gasteiger partial charge in [-0.15, -0.1) is 6.58 Å². The van der Waals surface area contributed by atoms with Crippen molar-refractivity contribution in [1.29, 1.82) is 0 Å². The van der Waals surface area contributed by atoms with Gasteiger partial charge in [-0.25, -0.2) is 0 Å². The zero-order chi connectivity index (χ0) is 19.4. The first kappa shape index (κ1) is 21.0. The molecular formula is C21H33BO3Si. The summed E-state index contributed by atoms with van der Waals surface area (Å²) in [6.07, 6.45) is 5.83. The van der Waals surface area contributed by atoms with E-state index in [2.05, 4.69) is 56.1 Å². The Morgan fingerprint density at radius 3 is 2.23 bits per heavy atom. The maximum atomic E-state index is 6.11. The monoisotopic (exact) mass is 372 g/mol. The van der Waals surface area contributed by atoms with E-state index < -0.39 is 15.4 Å². The van der Waals surface area contributed by atoms with Gasteiger partial charge in [0, 0.05) is 6.42 Å². The zero-order valence-electron chi connectivity index (χ0n) is 17.2. The quantitative estimate of drug-likeness (QED) is 0.363. The summed E-state index contributed by atoms with van der Waals surface area (Å²) in [6, 6.07) is 11.8. The van der Waals surface area contributed by atoms with Gasteiger partial charge >= 0.3 is 7.32 Å². The summed E-state index contributed by atoms with van der Waals surface area (Å²) in [6.45, 7) is 16.8. The van der Waals surface area contributed by atoms with Gasteiger partial charge in [0.1, 0.15) is 0 Å². The third-order valence-electron chi connectivity index (χ3n) is 5.47. The predicted octanol–water partition coefficient (Wildman–Crippen LogP) is 5.06. The lowest BCUT2D eigenvalue weighted by molar-refractivity contribution is 0.00578. The van der Waals surface area contributed by atoms with E-state index >= 15 is 0 Å². The minimum atomic E-state index is -1.56. The smallest absolute Gasteiger partial charge is 0.516 e. The molecule has 0 aliphatic carbocycles. The number of benzene rings is 1. The van der Waals surface area contributed by atoms with Crippen LogP contribution in [0.4, 0.5) is 0 Å². The molecule has 1 aliphatic heterocycles. The topological polar surface area (TPSA) is 27.7 Å². The third kappa shape index (κ3) is 5.12. The Balaban J connectivity index is 2.09. The first-order valence-corrected chi connectivity index (χ1v) is 12.7. The van der Waals surface area contributed by atoms with Crippen LogP contribution in [0.1, 0.15) is 40.5 Å². The van der Waals surface area contributed by atoms with E-state index in [-0.39, 0.29) is 11.2 Å². The predicted molar refractivity (Wildman–Crippen MR) is 113 cm³/mol. The summed E-state index contributed by atoms with van der Waals surface area (Å²) >= 11 is 0. The van der Waals surface area contributed by atoms with Gasteiger partial charge in [0.25, 0.3) is 0 Å². The van der Waals surface area contributed by atoms with Crippen LogP contribution in [0.5, 0.6) is 0 Å². The molecule has 142 valence electrons. The number of rotatable bonds is 8. The Hall–Kier alpha value is -1.30. The molecule has 0 unspecified atom stereocenters. The van der Waals surface area contributed by atoms with Crippen molar-refractivity contribution in [3.8, 4) is 0 Å². The van der Waals surface area contributed by atoms with Gasteiger partial charge in [0.15, 0.2) is 0 Å². The number of hydrogen-bond donors (Lipinski definition) is 0. The van der Waals surface area contributed by atoms with E-state index in [0.717, 1.165) is 24.6 Å². The van der Waals surface area contributed by atoms with Gasteiger partial charge in [0.05, 0.1) is 25.0 Å². The molecule has 26 heavy (non-hydrogen) atoms. The lowest BCUT2D eigenvalue weighted by atomic mass is 9.90. The molecular weight excluding hydrogens is 339 g/mol. The van der Waals surface area contributed by atoms with E-state index in [0.29, 0.717) is 0 Å². The third-order valence-corrected chi connectivity index (χ3v) is 8.59. The van der Waals surface area contributed by atoms with Crippen molar-refractivity contribution in [1.82, 2.24) is 0 Å². The molecule has 0 radical (unpaired) electrons. The molecule has 2 rings (SSSR count). The van der Waals surface area contributed by atoms with Crippen LogP contribution in [-0.4, -0.2) is 26.6 Å². The van der Waals surface area contributed by atoms with Gasteiger partial charge in [-0.2, -0.15) is 0 Å². The van der Waals surface area contributed by atoms with E-state index in [1.54, 1.807) is 0 Å². The first-order chi connectivity index (χ1) is 12.1. The number of hydrogen-bond acceptors (Lipinski definition) is 3. The van der Waals surface area contributed by atoms with Crippen molar-refractivity contribution in [3.05, 3.63) is 54.8 Å². The van der Waals surface area contributed by atoms with E-state index in [1.807, 2.05) is 33.8 Å². The standard InChI is InChI=1S/C21H33BO3Si/c1-8-9-13-18(23-22-24-20(2,3)21(4,5)25-22)16-17-26(6,7)19-14-11-10-12-15-19/h8,10-12,14-16H,1,9,13,17H2,2-7H3/b18-16+. The van der Waals surface area contributed by atoms with Crippen LogP contribution in [0.2, 0.25) is 19.1 Å². The highest BCUT2D eigenvalue weighted by Gasteiger charge is 2.54. The summed E-state index contributed by atoms with van der Waals surface area (Å²) < 4.78 is 18.1. The summed E-state index contributed by atoms with van der Waals surface area (Å²) in [5.74, 6) is 0.930. The van der Waals surface area contributed by atoms with Crippen LogP contribution in [0.3, 0.4) is 0 Å². The van der Waals surface area contributed by atoms with Crippen LogP contribution >= 0.6 is 0 Å². The number of allylic oxidation sites excluding steroid dienone is 3. The summed E-state index contributed by atoms with van der Waals surface area (Å²) in [5.41, 5.74) is -0.779. The molecule has 0 atom stereocenters. The van der Waals surface area contributed by atoms with Crippen LogP contribution in [0, 0.1) is 0 Å². The van der Waals surface area contributed by atoms with E-state index in [1.165, 1.54) is 5.19 Å². The minimum Gasteiger partial charge on any atom is -0.516 e. The van der Waals surface area contributed by atoms with Gasteiger partial charge in [-0.3, -0.25) is 0 Å². The average Bonchev–Trinajstić information content (AvgIpc) is 2.77. The molecule has 0 saturated carbocycles. The van der Waals surface area contributed by atoms with Crippen LogP contribution in [0.25, 0.3) is 0 Å². The maximum Gasteiger partial charge on any atom is 0.713 e. The van der Waals surface area contributed by atoms with Crippen molar-refractivity contribution in [3.63, 3.8) is 0 Å². The summed E-state index contributed by atoms with van der Waals surface area (Å²) in [5, 5.41) is 1.45. The van der Waals surface area contributed by atoms with Gasteiger partial charge in [-0.05, 0) is 40.2 Å². The van der Waals surface area contributed by atoms with Crippen LogP contribution in [-0.2, 0) is 14.0 Å². The van der Waals surface area contributed by atoms with Gasteiger partial charge in [0.2, 0.25) is 0 Å². The molecule has 1 aromatic rings. The van der Waals surface area contributed by atoms with Gasteiger partial charge < -0.3 is 14.0 Å². The van der Waals surface area contributed by atoms with Crippen LogP contribution < -0.4 is 5.19 Å². The Labute approximate surface area is 160 Å². The molecule has 0 aromatic heterocycles. The minimum absolute atomic E-state index is 0.390. The second-order valence-electron chi connectivity index (χ2n) is 8.61. The Morgan fingerprint density at radius 2 is 1.69 bits per heavy atom.